The van der Waals surface area contributed by atoms with Crippen LogP contribution >= 0.6 is 15.9 Å². The van der Waals surface area contributed by atoms with Gasteiger partial charge in [0.2, 0.25) is 0 Å². The molecule has 1 aromatic rings. The molecule has 0 radical (unpaired) electrons. The van der Waals surface area contributed by atoms with Crippen LogP contribution in [0.15, 0.2) is 6.20 Å². The van der Waals surface area contributed by atoms with Gasteiger partial charge in [0.25, 0.3) is 0 Å². The van der Waals surface area contributed by atoms with E-state index in [9.17, 15) is 0 Å². The van der Waals surface area contributed by atoms with Crippen LogP contribution in [0.4, 0.5) is 0 Å². The van der Waals surface area contributed by atoms with E-state index in [1.807, 2.05) is 11.7 Å². The molecule has 1 aliphatic carbocycles. The molecule has 0 atom stereocenters. The van der Waals surface area contributed by atoms with Crippen LogP contribution in [0.5, 0.6) is 0 Å². The average molecular weight is 328 g/mol. The highest BCUT2D eigenvalue weighted by atomic mass is 79.9. The Morgan fingerprint density at radius 1 is 1.42 bits per heavy atom. The molecule has 3 nitrogen and oxygen atoms in total. The lowest BCUT2D eigenvalue weighted by Gasteiger charge is -2.38. The van der Waals surface area contributed by atoms with Crippen LogP contribution in [-0.2, 0) is 13.5 Å². The van der Waals surface area contributed by atoms with E-state index in [-0.39, 0.29) is 0 Å². The molecule has 2 rings (SSSR count). The van der Waals surface area contributed by atoms with Gasteiger partial charge in [0, 0.05) is 18.6 Å². The fourth-order valence-corrected chi connectivity index (χ4v) is 4.05. The summed E-state index contributed by atoms with van der Waals surface area (Å²) in [4.78, 5) is 0. The maximum Gasteiger partial charge on any atom is 0.0832 e. The maximum atomic E-state index is 4.26. The van der Waals surface area contributed by atoms with Crippen molar-refractivity contribution in [3.8, 4) is 0 Å². The summed E-state index contributed by atoms with van der Waals surface area (Å²) in [6.07, 6.45) is 12.8. The number of aryl methyl sites for hydroxylation is 1. The molecule has 1 fully saturated rings. The van der Waals surface area contributed by atoms with Crippen LogP contribution in [0.25, 0.3) is 0 Å². The minimum absolute atomic E-state index is 0.415. The zero-order valence-electron chi connectivity index (χ0n) is 12.2. The normalized spacial score (nSPS) is 27.6. The van der Waals surface area contributed by atoms with Gasteiger partial charge in [-0.1, -0.05) is 47.3 Å². The number of alkyl halides is 1. The summed E-state index contributed by atoms with van der Waals surface area (Å²) in [5, 5.41) is 9.41. The van der Waals surface area contributed by atoms with E-state index in [1.54, 1.807) is 0 Å². The Balaban J connectivity index is 1.90. The minimum atomic E-state index is 0.415. The third kappa shape index (κ3) is 4.04. The number of unbranched alkanes of at least 4 members (excludes halogenated alkanes) is 1. The SMILES string of the molecule is CCCCC1CCC(CBr)(Cc2cn(C)nn2)CC1. The molecule has 0 N–H and O–H groups in total. The van der Waals surface area contributed by atoms with Crippen LogP contribution in [0.3, 0.4) is 0 Å². The van der Waals surface area contributed by atoms with Crippen molar-refractivity contribution in [2.24, 2.45) is 18.4 Å². The van der Waals surface area contributed by atoms with Crippen molar-refractivity contribution < 1.29 is 0 Å². The molecule has 1 saturated carbocycles. The van der Waals surface area contributed by atoms with E-state index in [1.165, 1.54) is 44.9 Å². The Morgan fingerprint density at radius 3 is 2.68 bits per heavy atom. The molecule has 0 amide bonds. The van der Waals surface area contributed by atoms with E-state index in [0.717, 1.165) is 23.4 Å². The van der Waals surface area contributed by atoms with E-state index in [4.69, 9.17) is 0 Å². The van der Waals surface area contributed by atoms with E-state index >= 15 is 0 Å². The summed E-state index contributed by atoms with van der Waals surface area (Å²) < 4.78 is 1.81. The Kier molecular flexibility index (Phi) is 5.43. The van der Waals surface area contributed by atoms with Gasteiger partial charge in [-0.05, 0) is 43.4 Å². The number of rotatable bonds is 6. The fraction of sp³-hybridized carbons (Fsp3) is 0.867. The van der Waals surface area contributed by atoms with Crippen molar-refractivity contribution >= 4 is 15.9 Å². The molecule has 108 valence electrons. The first-order chi connectivity index (χ1) is 9.17. The number of aromatic nitrogens is 3. The maximum absolute atomic E-state index is 4.26. The van der Waals surface area contributed by atoms with Crippen molar-refractivity contribution in [3.63, 3.8) is 0 Å². The van der Waals surface area contributed by atoms with Crippen LogP contribution in [0.1, 0.15) is 57.6 Å². The number of halogens is 1. The van der Waals surface area contributed by atoms with Crippen LogP contribution < -0.4 is 0 Å². The molecule has 0 unspecified atom stereocenters. The standard InChI is InChI=1S/C15H26BrN3/c1-3-4-5-13-6-8-15(12-16,9-7-13)10-14-11-19(2)18-17-14/h11,13H,3-10,12H2,1-2H3. The second kappa shape index (κ2) is 6.87. The summed E-state index contributed by atoms with van der Waals surface area (Å²) in [5.74, 6) is 0.967. The Hall–Kier alpha value is -0.380. The molecule has 0 bridgehead atoms. The van der Waals surface area contributed by atoms with E-state index in [0.29, 0.717) is 5.41 Å². The molecule has 1 aliphatic rings. The van der Waals surface area contributed by atoms with Gasteiger partial charge in [-0.15, -0.1) is 5.10 Å². The molecule has 0 spiro atoms. The Labute approximate surface area is 125 Å². The first-order valence-corrected chi connectivity index (χ1v) is 8.71. The van der Waals surface area contributed by atoms with Crippen LogP contribution in [-0.4, -0.2) is 20.3 Å². The van der Waals surface area contributed by atoms with Gasteiger partial charge in [-0.2, -0.15) is 0 Å². The first kappa shape index (κ1) is 15.0. The summed E-state index contributed by atoms with van der Waals surface area (Å²) in [7, 11) is 1.94. The van der Waals surface area contributed by atoms with Crippen molar-refractivity contribution in [2.45, 2.75) is 58.3 Å². The molecule has 19 heavy (non-hydrogen) atoms. The predicted octanol–water partition coefficient (Wildman–Crippen LogP) is 4.12. The third-order valence-corrected chi connectivity index (χ3v) is 5.81. The Morgan fingerprint density at radius 2 is 2.16 bits per heavy atom. The molecule has 0 aliphatic heterocycles. The largest absolute Gasteiger partial charge is 0.255 e. The highest BCUT2D eigenvalue weighted by Crippen LogP contribution is 2.43. The summed E-state index contributed by atoms with van der Waals surface area (Å²) in [5.41, 5.74) is 1.56. The van der Waals surface area contributed by atoms with E-state index in [2.05, 4.69) is 39.4 Å². The van der Waals surface area contributed by atoms with Gasteiger partial charge in [-0.25, -0.2) is 0 Å². The molecule has 1 aromatic heterocycles. The van der Waals surface area contributed by atoms with Crippen molar-refractivity contribution in [2.75, 3.05) is 5.33 Å². The van der Waals surface area contributed by atoms with Gasteiger partial charge < -0.3 is 0 Å². The molecular formula is C15H26BrN3. The minimum Gasteiger partial charge on any atom is -0.255 e. The molecular weight excluding hydrogens is 302 g/mol. The van der Waals surface area contributed by atoms with Crippen molar-refractivity contribution in [1.82, 2.24) is 15.0 Å². The molecule has 1 heterocycles. The molecule has 4 heteroatoms. The highest BCUT2D eigenvalue weighted by Gasteiger charge is 2.35. The summed E-state index contributed by atoms with van der Waals surface area (Å²) in [6.45, 7) is 2.29. The number of hydrogen-bond donors (Lipinski definition) is 0. The van der Waals surface area contributed by atoms with E-state index < -0.39 is 0 Å². The topological polar surface area (TPSA) is 30.7 Å². The second-order valence-electron chi connectivity index (χ2n) is 6.28. The average Bonchev–Trinajstić information content (AvgIpc) is 2.83. The molecule has 0 aromatic carbocycles. The monoisotopic (exact) mass is 327 g/mol. The predicted molar refractivity (Wildman–Crippen MR) is 82.4 cm³/mol. The van der Waals surface area contributed by atoms with Gasteiger partial charge >= 0.3 is 0 Å². The van der Waals surface area contributed by atoms with Crippen molar-refractivity contribution in [1.29, 1.82) is 0 Å². The third-order valence-electron chi connectivity index (χ3n) is 4.62. The van der Waals surface area contributed by atoms with Gasteiger partial charge in [0.05, 0.1) is 5.69 Å². The zero-order chi connectivity index (χ0) is 13.7. The lowest BCUT2D eigenvalue weighted by atomic mass is 9.68. The lowest BCUT2D eigenvalue weighted by Crippen LogP contribution is -2.31. The first-order valence-electron chi connectivity index (χ1n) is 7.58. The van der Waals surface area contributed by atoms with Gasteiger partial charge in [0.1, 0.15) is 0 Å². The van der Waals surface area contributed by atoms with Crippen LogP contribution in [0, 0.1) is 11.3 Å². The van der Waals surface area contributed by atoms with Crippen LogP contribution in [0.2, 0.25) is 0 Å². The quantitative estimate of drug-likeness (QED) is 0.736. The summed E-state index contributed by atoms with van der Waals surface area (Å²) in [6, 6.07) is 0. The molecule has 0 saturated heterocycles. The summed E-state index contributed by atoms with van der Waals surface area (Å²) >= 11 is 3.75. The van der Waals surface area contributed by atoms with Gasteiger partial charge in [0.15, 0.2) is 0 Å². The second-order valence-corrected chi connectivity index (χ2v) is 6.84. The number of nitrogens with zero attached hydrogens (tertiary/aromatic N) is 3. The van der Waals surface area contributed by atoms with Crippen molar-refractivity contribution in [3.05, 3.63) is 11.9 Å². The Bertz CT molecular complexity index is 380. The highest BCUT2D eigenvalue weighted by molar-refractivity contribution is 9.09. The smallest absolute Gasteiger partial charge is 0.0832 e. The lowest BCUT2D eigenvalue weighted by molar-refractivity contribution is 0.167. The number of hydrogen-bond acceptors (Lipinski definition) is 2. The van der Waals surface area contributed by atoms with Gasteiger partial charge in [-0.3, -0.25) is 4.68 Å². The fourth-order valence-electron chi connectivity index (χ4n) is 3.29. The zero-order valence-corrected chi connectivity index (χ0v) is 13.8.